The van der Waals surface area contributed by atoms with Crippen molar-refractivity contribution in [2.75, 3.05) is 20.2 Å². The predicted octanol–water partition coefficient (Wildman–Crippen LogP) is 2.13. The Hall–Kier alpha value is -2.21. The van der Waals surface area contributed by atoms with E-state index >= 15 is 0 Å². The zero-order chi connectivity index (χ0) is 13.7. The number of nitro groups is 1. The summed E-state index contributed by atoms with van der Waals surface area (Å²) in [7, 11) is 1.88. The maximum atomic E-state index is 11.0. The zero-order valence-corrected chi connectivity index (χ0v) is 10.6. The summed E-state index contributed by atoms with van der Waals surface area (Å²) in [6.45, 7) is 1.41. The van der Waals surface area contributed by atoms with E-state index in [9.17, 15) is 10.1 Å². The first kappa shape index (κ1) is 13.2. The van der Waals surface area contributed by atoms with Crippen LogP contribution in [0.2, 0.25) is 0 Å². The molecule has 0 unspecified atom stereocenters. The molecule has 0 spiro atoms. The fraction of sp³-hybridized carbons (Fsp3) is 0.308. The molecule has 0 saturated carbocycles. The number of nitro benzene ring substituents is 1. The van der Waals surface area contributed by atoms with Gasteiger partial charge in [-0.3, -0.25) is 15.1 Å². The number of hydrogen-bond donors (Lipinski definition) is 1. The number of nitrogens with one attached hydrogen (secondary N) is 1. The van der Waals surface area contributed by atoms with E-state index in [1.807, 2.05) is 7.05 Å². The molecule has 0 aliphatic heterocycles. The molecule has 0 fully saturated rings. The third kappa shape index (κ3) is 2.97. The monoisotopic (exact) mass is 261 g/mol. The summed E-state index contributed by atoms with van der Waals surface area (Å²) < 4.78 is 5.63. The molecule has 1 aromatic heterocycles. The Kier molecular flexibility index (Phi) is 4.25. The van der Waals surface area contributed by atoms with Gasteiger partial charge in [-0.05, 0) is 38.2 Å². The minimum Gasteiger partial charge on any atom is -0.491 e. The molecule has 2 rings (SSSR count). The van der Waals surface area contributed by atoms with Gasteiger partial charge in [0.1, 0.15) is 11.3 Å². The summed E-state index contributed by atoms with van der Waals surface area (Å²) in [5, 5.41) is 14.5. The van der Waals surface area contributed by atoms with Crippen LogP contribution in [-0.4, -0.2) is 30.1 Å². The van der Waals surface area contributed by atoms with E-state index in [-0.39, 0.29) is 5.69 Å². The molecule has 2 aromatic rings. The van der Waals surface area contributed by atoms with E-state index in [0.717, 1.165) is 13.0 Å². The van der Waals surface area contributed by atoms with E-state index in [2.05, 4.69) is 10.3 Å². The van der Waals surface area contributed by atoms with Crippen LogP contribution in [0.3, 0.4) is 0 Å². The third-order valence-corrected chi connectivity index (χ3v) is 2.74. The highest BCUT2D eigenvalue weighted by Gasteiger charge is 2.15. The normalized spacial score (nSPS) is 10.6. The van der Waals surface area contributed by atoms with Crippen LogP contribution in [0.1, 0.15) is 6.42 Å². The average Bonchev–Trinajstić information content (AvgIpc) is 2.43. The predicted molar refractivity (Wildman–Crippen MR) is 72.4 cm³/mol. The number of aromatic nitrogens is 1. The van der Waals surface area contributed by atoms with Crippen molar-refractivity contribution in [3.8, 4) is 5.75 Å². The number of hydrogen-bond acceptors (Lipinski definition) is 5. The molecular weight excluding hydrogens is 246 g/mol. The van der Waals surface area contributed by atoms with Crippen molar-refractivity contribution in [3.05, 3.63) is 40.6 Å². The molecule has 1 heterocycles. The molecule has 1 aromatic carbocycles. The van der Waals surface area contributed by atoms with Gasteiger partial charge in [-0.15, -0.1) is 0 Å². The summed E-state index contributed by atoms with van der Waals surface area (Å²) in [5.41, 5.74) is 0.576. The molecule has 0 atom stereocenters. The van der Waals surface area contributed by atoms with E-state index < -0.39 is 4.92 Å². The second-order valence-electron chi connectivity index (χ2n) is 4.05. The zero-order valence-electron chi connectivity index (χ0n) is 10.6. The maximum Gasteiger partial charge on any atom is 0.279 e. The lowest BCUT2D eigenvalue weighted by Gasteiger charge is -2.08. The number of ether oxygens (including phenoxy) is 1. The maximum absolute atomic E-state index is 11.0. The lowest BCUT2D eigenvalue weighted by atomic mass is 10.1. The van der Waals surface area contributed by atoms with E-state index in [4.69, 9.17) is 4.74 Å². The number of pyridine rings is 1. The van der Waals surface area contributed by atoms with Gasteiger partial charge in [0, 0.05) is 12.3 Å². The van der Waals surface area contributed by atoms with E-state index in [1.165, 1.54) is 6.07 Å². The average molecular weight is 261 g/mol. The number of rotatable bonds is 6. The number of benzene rings is 1. The third-order valence-electron chi connectivity index (χ3n) is 2.74. The Morgan fingerprint density at radius 3 is 3.00 bits per heavy atom. The van der Waals surface area contributed by atoms with Gasteiger partial charge in [0.15, 0.2) is 0 Å². The molecule has 1 N–H and O–H groups in total. The topological polar surface area (TPSA) is 77.3 Å². The SMILES string of the molecule is CNCCCOc1ccc([N+](=O)[O-])c2cccnc12. The minimum atomic E-state index is -0.408. The lowest BCUT2D eigenvalue weighted by Crippen LogP contribution is -2.11. The highest BCUT2D eigenvalue weighted by Crippen LogP contribution is 2.31. The Balaban J connectivity index is 2.30. The largest absolute Gasteiger partial charge is 0.491 e. The number of nitrogens with zero attached hydrogens (tertiary/aromatic N) is 2. The van der Waals surface area contributed by atoms with Crippen LogP contribution in [0.4, 0.5) is 5.69 Å². The number of non-ortho nitro benzene ring substituents is 1. The highest BCUT2D eigenvalue weighted by molar-refractivity contribution is 5.92. The van der Waals surface area contributed by atoms with Crippen molar-refractivity contribution >= 4 is 16.6 Å². The standard InChI is InChI=1S/C13H15N3O3/c1-14-7-3-9-19-12-6-5-11(16(17)18)10-4-2-8-15-13(10)12/h2,4-6,8,14H,3,7,9H2,1H3. The van der Waals surface area contributed by atoms with Crippen molar-refractivity contribution in [1.29, 1.82) is 0 Å². The first-order valence-corrected chi connectivity index (χ1v) is 6.03. The van der Waals surface area contributed by atoms with Crippen molar-refractivity contribution in [2.24, 2.45) is 0 Å². The van der Waals surface area contributed by atoms with Crippen LogP contribution < -0.4 is 10.1 Å². The van der Waals surface area contributed by atoms with Crippen LogP contribution in [0.25, 0.3) is 10.9 Å². The molecule has 0 aliphatic rings. The summed E-state index contributed by atoms with van der Waals surface area (Å²) in [5.74, 6) is 0.581. The van der Waals surface area contributed by atoms with Crippen LogP contribution >= 0.6 is 0 Å². The molecule has 0 aliphatic carbocycles. The molecule has 6 nitrogen and oxygen atoms in total. The molecule has 100 valence electrons. The molecule has 0 radical (unpaired) electrons. The number of fused-ring (bicyclic) bond motifs is 1. The van der Waals surface area contributed by atoms with Crippen molar-refractivity contribution < 1.29 is 9.66 Å². The summed E-state index contributed by atoms with van der Waals surface area (Å²) in [6, 6.07) is 6.42. The van der Waals surface area contributed by atoms with Crippen molar-refractivity contribution in [1.82, 2.24) is 10.3 Å². The molecule has 0 bridgehead atoms. The summed E-state index contributed by atoms with van der Waals surface area (Å²) in [4.78, 5) is 14.7. The van der Waals surface area contributed by atoms with Gasteiger partial charge in [-0.1, -0.05) is 0 Å². The van der Waals surface area contributed by atoms with Gasteiger partial charge in [0.25, 0.3) is 5.69 Å². The second-order valence-corrected chi connectivity index (χ2v) is 4.05. The summed E-state index contributed by atoms with van der Waals surface area (Å²) >= 11 is 0. The van der Waals surface area contributed by atoms with E-state index in [1.54, 1.807) is 24.4 Å². The molecule has 0 saturated heterocycles. The smallest absolute Gasteiger partial charge is 0.279 e. The second kappa shape index (κ2) is 6.10. The Labute approximate surface area is 110 Å². The van der Waals surface area contributed by atoms with Gasteiger partial charge >= 0.3 is 0 Å². The van der Waals surface area contributed by atoms with Crippen LogP contribution in [-0.2, 0) is 0 Å². The van der Waals surface area contributed by atoms with Crippen molar-refractivity contribution in [3.63, 3.8) is 0 Å². The molecular formula is C13H15N3O3. The van der Waals surface area contributed by atoms with Gasteiger partial charge in [-0.2, -0.15) is 0 Å². The van der Waals surface area contributed by atoms with Gasteiger partial charge in [-0.25, -0.2) is 0 Å². The molecule has 19 heavy (non-hydrogen) atoms. The van der Waals surface area contributed by atoms with Gasteiger partial charge < -0.3 is 10.1 Å². The van der Waals surface area contributed by atoms with Crippen LogP contribution in [0.15, 0.2) is 30.5 Å². The lowest BCUT2D eigenvalue weighted by molar-refractivity contribution is -0.383. The van der Waals surface area contributed by atoms with Crippen molar-refractivity contribution in [2.45, 2.75) is 6.42 Å². The van der Waals surface area contributed by atoms with Crippen LogP contribution in [0, 0.1) is 10.1 Å². The van der Waals surface area contributed by atoms with E-state index in [0.29, 0.717) is 23.3 Å². The Morgan fingerprint density at radius 1 is 1.42 bits per heavy atom. The summed E-state index contributed by atoms with van der Waals surface area (Å²) in [6.07, 6.45) is 2.47. The minimum absolute atomic E-state index is 0.0469. The van der Waals surface area contributed by atoms with Gasteiger partial charge in [0.2, 0.25) is 0 Å². The van der Waals surface area contributed by atoms with Crippen LogP contribution in [0.5, 0.6) is 5.75 Å². The fourth-order valence-electron chi connectivity index (χ4n) is 1.84. The van der Waals surface area contributed by atoms with Gasteiger partial charge in [0.05, 0.1) is 16.9 Å². The molecule has 0 amide bonds. The quantitative estimate of drug-likeness (QED) is 0.489. The molecule has 6 heteroatoms. The Bertz CT molecular complexity index is 586. The first-order valence-electron chi connectivity index (χ1n) is 6.03. The fourth-order valence-corrected chi connectivity index (χ4v) is 1.84. The first-order chi connectivity index (χ1) is 9.24. The highest BCUT2D eigenvalue weighted by atomic mass is 16.6. The Morgan fingerprint density at radius 2 is 2.26 bits per heavy atom.